The number of nitrogens with zero attached hydrogens (tertiary/aromatic N) is 2. The summed E-state index contributed by atoms with van der Waals surface area (Å²) in [4.78, 5) is 25.3. The van der Waals surface area contributed by atoms with Crippen molar-refractivity contribution in [3.05, 3.63) is 76.0 Å². The molecule has 0 spiro atoms. The van der Waals surface area contributed by atoms with Gasteiger partial charge in [-0.1, -0.05) is 24.3 Å². The Morgan fingerprint density at radius 1 is 1.10 bits per heavy atom. The van der Waals surface area contributed by atoms with Crippen LogP contribution in [0.25, 0.3) is 0 Å². The number of amides is 2. The van der Waals surface area contributed by atoms with E-state index in [1.54, 1.807) is 30.3 Å². The minimum Gasteiger partial charge on any atom is -0.488 e. The minimum absolute atomic E-state index is 0.167. The van der Waals surface area contributed by atoms with Gasteiger partial charge in [0.25, 0.3) is 11.8 Å². The van der Waals surface area contributed by atoms with E-state index in [9.17, 15) is 14.0 Å². The minimum atomic E-state index is -0.305. The molecule has 4 atom stereocenters. The zero-order chi connectivity index (χ0) is 20.8. The molecular formula is C23H18BrFN2O3. The number of hydrogen-bond donors (Lipinski definition) is 0. The molecule has 0 unspecified atom stereocenters. The Kier molecular flexibility index (Phi) is 4.77. The van der Waals surface area contributed by atoms with Crippen LogP contribution in [0.4, 0.5) is 4.39 Å². The van der Waals surface area contributed by atoms with Crippen LogP contribution in [0.5, 0.6) is 5.75 Å². The first-order valence-corrected chi connectivity index (χ1v) is 10.6. The number of hydrogen-bond acceptors (Lipinski definition) is 4. The number of carbonyl (C=O) groups is 2. The lowest BCUT2D eigenvalue weighted by atomic mass is 9.85. The van der Waals surface area contributed by atoms with E-state index in [1.165, 1.54) is 18.3 Å². The highest BCUT2D eigenvalue weighted by atomic mass is 79.9. The largest absolute Gasteiger partial charge is 0.488 e. The van der Waals surface area contributed by atoms with Gasteiger partial charge in [-0.3, -0.25) is 9.59 Å². The van der Waals surface area contributed by atoms with Crippen LogP contribution in [-0.4, -0.2) is 23.0 Å². The number of imide groups is 1. The van der Waals surface area contributed by atoms with Gasteiger partial charge in [0.05, 0.1) is 22.5 Å². The van der Waals surface area contributed by atoms with Crippen molar-refractivity contribution in [3.63, 3.8) is 0 Å². The van der Waals surface area contributed by atoms with Gasteiger partial charge in [-0.15, -0.1) is 0 Å². The molecule has 30 heavy (non-hydrogen) atoms. The number of carbonyl (C=O) groups excluding carboxylic acids is 2. The lowest BCUT2D eigenvalue weighted by Crippen LogP contribution is -2.28. The van der Waals surface area contributed by atoms with Crippen LogP contribution in [0.2, 0.25) is 0 Å². The van der Waals surface area contributed by atoms with Crippen molar-refractivity contribution in [1.82, 2.24) is 5.01 Å². The van der Waals surface area contributed by atoms with Gasteiger partial charge >= 0.3 is 0 Å². The molecule has 3 aliphatic rings. The maximum absolute atomic E-state index is 13.3. The number of allylic oxidation sites excluding steroid dienone is 2. The highest BCUT2D eigenvalue weighted by molar-refractivity contribution is 9.10. The van der Waals surface area contributed by atoms with Crippen molar-refractivity contribution >= 4 is 34.0 Å². The first kappa shape index (κ1) is 19.2. The van der Waals surface area contributed by atoms with E-state index < -0.39 is 0 Å². The maximum Gasteiger partial charge on any atom is 0.254 e. The maximum atomic E-state index is 13.3. The molecule has 2 aliphatic carbocycles. The van der Waals surface area contributed by atoms with E-state index in [-0.39, 0.29) is 47.9 Å². The number of ether oxygens (including phenoxy) is 1. The number of rotatable bonds is 5. The fourth-order valence-corrected chi connectivity index (χ4v) is 5.14. The van der Waals surface area contributed by atoms with Gasteiger partial charge in [-0.25, -0.2) is 4.39 Å². The van der Waals surface area contributed by atoms with E-state index in [4.69, 9.17) is 4.74 Å². The van der Waals surface area contributed by atoms with Gasteiger partial charge in [0.1, 0.15) is 18.2 Å². The zero-order valence-electron chi connectivity index (χ0n) is 15.9. The van der Waals surface area contributed by atoms with Crippen molar-refractivity contribution in [2.24, 2.45) is 28.8 Å². The Labute approximate surface area is 181 Å². The molecule has 2 aromatic carbocycles. The molecular weight excluding hydrogens is 451 g/mol. The Morgan fingerprint density at radius 3 is 2.50 bits per heavy atom. The Morgan fingerprint density at radius 2 is 1.83 bits per heavy atom. The van der Waals surface area contributed by atoms with Crippen LogP contribution in [0.1, 0.15) is 17.5 Å². The highest BCUT2D eigenvalue weighted by Crippen LogP contribution is 2.52. The predicted molar refractivity (Wildman–Crippen MR) is 112 cm³/mol. The first-order chi connectivity index (χ1) is 14.5. The fourth-order valence-electron chi connectivity index (χ4n) is 4.63. The van der Waals surface area contributed by atoms with Gasteiger partial charge in [-0.05, 0) is 75.6 Å². The standard InChI is InChI=1S/C23H18BrFN2O3/c24-18-9-13(4-7-19(18)30-12-14-2-1-3-17(25)8-14)11-26-27-22(28)20-15-5-6-16(10-15)21(20)23(27)29/h1-9,11,15-16,20-21H,10,12H2/t15-,16-,20-,21+/m0/s1. The average Bonchev–Trinajstić information content (AvgIpc) is 3.40. The number of benzene rings is 2. The van der Waals surface area contributed by atoms with Crippen molar-refractivity contribution in [2.75, 3.05) is 0 Å². The third kappa shape index (κ3) is 3.27. The van der Waals surface area contributed by atoms with Crippen molar-refractivity contribution in [2.45, 2.75) is 13.0 Å². The third-order valence-electron chi connectivity index (χ3n) is 6.01. The molecule has 1 saturated carbocycles. The summed E-state index contributed by atoms with van der Waals surface area (Å²) < 4.78 is 19.7. The van der Waals surface area contributed by atoms with E-state index >= 15 is 0 Å². The molecule has 1 aliphatic heterocycles. The van der Waals surface area contributed by atoms with Crippen molar-refractivity contribution in [1.29, 1.82) is 0 Å². The smallest absolute Gasteiger partial charge is 0.254 e. The molecule has 1 heterocycles. The lowest BCUT2D eigenvalue weighted by Gasteiger charge is -2.13. The normalized spacial score (nSPS) is 26.8. The SMILES string of the molecule is O=C1[C@@H]2[C@H](C(=O)N1N=Cc1ccc(OCc3cccc(F)c3)c(Br)c1)[C@H]1C=C[C@H]2C1. The monoisotopic (exact) mass is 468 g/mol. The highest BCUT2D eigenvalue weighted by Gasteiger charge is 2.59. The molecule has 5 nitrogen and oxygen atoms in total. The zero-order valence-corrected chi connectivity index (χ0v) is 17.5. The molecule has 1 saturated heterocycles. The summed E-state index contributed by atoms with van der Waals surface area (Å²) in [5.74, 6) is -0.285. The molecule has 2 fully saturated rings. The van der Waals surface area contributed by atoms with E-state index in [0.29, 0.717) is 10.2 Å². The van der Waals surface area contributed by atoms with Crippen LogP contribution < -0.4 is 4.74 Å². The average molecular weight is 469 g/mol. The third-order valence-corrected chi connectivity index (χ3v) is 6.63. The molecule has 152 valence electrons. The summed E-state index contributed by atoms with van der Waals surface area (Å²) in [7, 11) is 0. The molecule has 2 aromatic rings. The topological polar surface area (TPSA) is 59.0 Å². The van der Waals surface area contributed by atoms with E-state index in [2.05, 4.69) is 33.2 Å². The van der Waals surface area contributed by atoms with Gasteiger partial charge in [0.2, 0.25) is 0 Å². The second-order valence-electron chi connectivity index (χ2n) is 7.84. The van der Waals surface area contributed by atoms with Gasteiger partial charge in [-0.2, -0.15) is 10.1 Å². The van der Waals surface area contributed by atoms with Crippen LogP contribution >= 0.6 is 15.9 Å². The second-order valence-corrected chi connectivity index (χ2v) is 8.70. The molecule has 0 N–H and O–H groups in total. The second kappa shape index (κ2) is 7.47. The number of halogens is 2. The summed E-state index contributed by atoms with van der Waals surface area (Å²) in [5, 5.41) is 5.22. The summed E-state index contributed by atoms with van der Waals surface area (Å²) in [6.07, 6.45) is 6.52. The molecule has 2 bridgehead atoms. The summed E-state index contributed by atoms with van der Waals surface area (Å²) >= 11 is 3.46. The molecule has 0 aromatic heterocycles. The Hall–Kier alpha value is -2.80. The molecule has 0 radical (unpaired) electrons. The van der Waals surface area contributed by atoms with Crippen LogP contribution in [0, 0.1) is 29.5 Å². The van der Waals surface area contributed by atoms with Crippen LogP contribution in [0.3, 0.4) is 0 Å². The summed E-state index contributed by atoms with van der Waals surface area (Å²) in [5.41, 5.74) is 1.45. The van der Waals surface area contributed by atoms with Crippen LogP contribution in [-0.2, 0) is 16.2 Å². The predicted octanol–water partition coefficient (Wildman–Crippen LogP) is 4.31. The number of fused-ring (bicyclic) bond motifs is 5. The summed E-state index contributed by atoms with van der Waals surface area (Å²) in [6, 6.07) is 11.6. The fraction of sp³-hybridized carbons (Fsp3) is 0.261. The van der Waals surface area contributed by atoms with Crippen molar-refractivity contribution in [3.8, 4) is 5.75 Å². The van der Waals surface area contributed by atoms with Gasteiger partial charge < -0.3 is 4.74 Å². The van der Waals surface area contributed by atoms with E-state index in [0.717, 1.165) is 22.6 Å². The quantitative estimate of drug-likeness (QED) is 0.373. The van der Waals surface area contributed by atoms with Gasteiger partial charge in [0, 0.05) is 0 Å². The van der Waals surface area contributed by atoms with Crippen LogP contribution in [0.15, 0.2) is 64.2 Å². The van der Waals surface area contributed by atoms with Crippen molar-refractivity contribution < 1.29 is 18.7 Å². The van der Waals surface area contributed by atoms with Gasteiger partial charge in [0.15, 0.2) is 0 Å². The Balaban J connectivity index is 1.27. The number of hydrazone groups is 1. The first-order valence-electron chi connectivity index (χ1n) is 9.78. The summed E-state index contributed by atoms with van der Waals surface area (Å²) in [6.45, 7) is 0.236. The lowest BCUT2D eigenvalue weighted by molar-refractivity contribution is -0.140. The molecule has 5 rings (SSSR count). The molecule has 2 amide bonds. The van der Waals surface area contributed by atoms with E-state index in [1.807, 2.05) is 0 Å². The molecule has 7 heteroatoms. The Bertz CT molecular complexity index is 1070.